The van der Waals surface area contributed by atoms with Gasteiger partial charge in [-0.25, -0.2) is 0 Å². The van der Waals surface area contributed by atoms with Crippen molar-refractivity contribution in [2.45, 2.75) is 167 Å². The molecule has 23 nitrogen and oxygen atoms in total. The number of nitrogens with one attached hydrogen (secondary N) is 6. The SMILES string of the molecule is CC[C@H](C)[C@@H]([C@@H](CC(=O)N1CCCC1C(OC)[C@@H](C)C(=O)N[C@@H](Cc1ccccc1)C(=O)N[C@@H](Cc1ccccc1)C(=O)N[C@H](CCCCN)C(=O)NCCNC(=O)CCN1C(=O)C=CC1=O)OC)N(C)C(=O)[C@@H](NC(=O)[C@H](C(C)C)N(C)C)C(C)C. The molecule has 23 heteroatoms. The number of nitrogens with zero attached hydrogens (tertiary/aromatic N) is 4. The Morgan fingerprint density at radius 2 is 1.23 bits per heavy atom. The molecule has 2 aliphatic heterocycles. The van der Waals surface area contributed by atoms with Crippen LogP contribution in [0, 0.1) is 23.7 Å². The van der Waals surface area contributed by atoms with Crippen LogP contribution in [0.2, 0.25) is 0 Å². The van der Waals surface area contributed by atoms with Gasteiger partial charge in [-0.05, 0) is 81.6 Å². The zero-order valence-electron chi connectivity index (χ0n) is 53.3. The summed E-state index contributed by atoms with van der Waals surface area (Å²) in [6, 6.07) is 12.2. The Kier molecular flexibility index (Phi) is 30.2. The van der Waals surface area contributed by atoms with Crippen LogP contribution in [0.25, 0.3) is 0 Å². The Morgan fingerprint density at radius 3 is 1.74 bits per heavy atom. The number of likely N-dealkylation sites (N-methyl/N-ethyl adjacent to an activating group) is 2. The Balaban J connectivity index is 1.53. The molecule has 0 aromatic heterocycles. The Morgan fingerprint density at radius 1 is 0.678 bits per heavy atom. The number of methoxy groups -OCH3 is 2. The first kappa shape index (κ1) is 72.4. The molecule has 11 atom stereocenters. The third kappa shape index (κ3) is 21.6. The molecule has 87 heavy (non-hydrogen) atoms. The molecule has 2 aliphatic rings. The lowest BCUT2D eigenvalue weighted by atomic mass is 9.89. The average Bonchev–Trinajstić information content (AvgIpc) is 2.65. The van der Waals surface area contributed by atoms with E-state index >= 15 is 0 Å². The van der Waals surface area contributed by atoms with Crippen LogP contribution in [0.5, 0.6) is 0 Å². The lowest BCUT2D eigenvalue weighted by Gasteiger charge is -2.41. The molecule has 8 N–H and O–H groups in total. The quantitative estimate of drug-likeness (QED) is 0.0378. The van der Waals surface area contributed by atoms with E-state index in [2.05, 4.69) is 31.9 Å². The number of carbonyl (C=O) groups is 10. The van der Waals surface area contributed by atoms with Crippen LogP contribution in [0.3, 0.4) is 0 Å². The minimum atomic E-state index is -1.23. The van der Waals surface area contributed by atoms with E-state index in [0.717, 1.165) is 22.6 Å². The molecule has 2 unspecified atom stereocenters. The van der Waals surface area contributed by atoms with Crippen molar-refractivity contribution in [3.8, 4) is 0 Å². The van der Waals surface area contributed by atoms with Gasteiger partial charge < -0.3 is 56.9 Å². The van der Waals surface area contributed by atoms with Crippen molar-refractivity contribution in [1.82, 2.24) is 51.5 Å². The van der Waals surface area contributed by atoms with Crippen molar-refractivity contribution in [2.24, 2.45) is 29.4 Å². The van der Waals surface area contributed by atoms with E-state index in [1.54, 1.807) is 48.0 Å². The van der Waals surface area contributed by atoms with Crippen LogP contribution in [0.4, 0.5) is 0 Å². The van der Waals surface area contributed by atoms with Gasteiger partial charge in [0.1, 0.15) is 24.2 Å². The third-order valence-electron chi connectivity index (χ3n) is 16.6. The summed E-state index contributed by atoms with van der Waals surface area (Å²) in [4.78, 5) is 143. The molecule has 482 valence electrons. The van der Waals surface area contributed by atoms with Gasteiger partial charge in [0.25, 0.3) is 11.8 Å². The highest BCUT2D eigenvalue weighted by molar-refractivity contribution is 6.13. The van der Waals surface area contributed by atoms with E-state index in [4.69, 9.17) is 15.2 Å². The molecule has 0 bridgehead atoms. The summed E-state index contributed by atoms with van der Waals surface area (Å²) >= 11 is 0. The van der Waals surface area contributed by atoms with Crippen LogP contribution in [0.15, 0.2) is 72.8 Å². The van der Waals surface area contributed by atoms with Gasteiger partial charge in [-0.3, -0.25) is 57.7 Å². The van der Waals surface area contributed by atoms with Gasteiger partial charge in [0.2, 0.25) is 47.3 Å². The first-order valence-electron chi connectivity index (χ1n) is 30.7. The predicted molar refractivity (Wildman–Crippen MR) is 331 cm³/mol. The van der Waals surface area contributed by atoms with E-state index in [1.165, 1.54) is 14.2 Å². The highest BCUT2D eigenvalue weighted by Gasteiger charge is 2.44. The van der Waals surface area contributed by atoms with Gasteiger partial charge in [-0.15, -0.1) is 0 Å². The van der Waals surface area contributed by atoms with Crippen LogP contribution in [0.1, 0.15) is 111 Å². The number of carbonyl (C=O) groups excluding carboxylic acids is 10. The fourth-order valence-corrected chi connectivity index (χ4v) is 11.6. The highest BCUT2D eigenvalue weighted by Crippen LogP contribution is 2.30. The third-order valence-corrected chi connectivity index (χ3v) is 16.6. The second-order valence-electron chi connectivity index (χ2n) is 23.9. The molecule has 2 aromatic rings. The van der Waals surface area contributed by atoms with Crippen molar-refractivity contribution in [1.29, 1.82) is 0 Å². The second kappa shape index (κ2) is 36.3. The summed E-state index contributed by atoms with van der Waals surface area (Å²) in [6.07, 6.45) is 3.59. The predicted octanol–water partition coefficient (Wildman–Crippen LogP) is 2.25. The highest BCUT2D eigenvalue weighted by atomic mass is 16.5. The van der Waals surface area contributed by atoms with E-state index < -0.39 is 102 Å². The molecule has 2 heterocycles. The summed E-state index contributed by atoms with van der Waals surface area (Å²) in [6.45, 7) is 14.0. The maximum Gasteiger partial charge on any atom is 0.253 e. The monoisotopic (exact) mass is 1210 g/mol. The molecule has 4 rings (SSSR count). The zero-order chi connectivity index (χ0) is 64.5. The summed E-state index contributed by atoms with van der Waals surface area (Å²) in [5, 5.41) is 17.1. The number of hydrogen-bond donors (Lipinski definition) is 7. The molecule has 1 fully saturated rings. The van der Waals surface area contributed by atoms with E-state index in [-0.39, 0.29) is 87.2 Å². The summed E-state index contributed by atoms with van der Waals surface area (Å²) in [5.74, 6) is -5.91. The van der Waals surface area contributed by atoms with Gasteiger partial charge in [-0.1, -0.05) is 116 Å². The fraction of sp³-hybridized carbons (Fsp3) is 0.625. The Hall–Kier alpha value is -7.08. The van der Waals surface area contributed by atoms with Gasteiger partial charge in [0.05, 0.1) is 42.7 Å². The molecule has 1 saturated heterocycles. The van der Waals surface area contributed by atoms with Crippen molar-refractivity contribution in [3.05, 3.63) is 83.9 Å². The molecule has 0 saturated carbocycles. The van der Waals surface area contributed by atoms with Crippen molar-refractivity contribution in [3.63, 3.8) is 0 Å². The molecule has 0 radical (unpaired) electrons. The van der Waals surface area contributed by atoms with E-state index in [0.29, 0.717) is 50.8 Å². The number of benzene rings is 2. The maximum atomic E-state index is 14.8. The summed E-state index contributed by atoms with van der Waals surface area (Å²) in [7, 11) is 8.36. The lowest BCUT2D eigenvalue weighted by Crippen LogP contribution is -2.60. The van der Waals surface area contributed by atoms with E-state index in [1.807, 2.05) is 96.9 Å². The van der Waals surface area contributed by atoms with Crippen LogP contribution >= 0.6 is 0 Å². The number of likely N-dealkylation sites (tertiary alicyclic amines) is 1. The van der Waals surface area contributed by atoms with Gasteiger partial charge in [-0.2, -0.15) is 0 Å². The molecular formula is C64H99N11O12. The zero-order valence-corrected chi connectivity index (χ0v) is 53.3. The molecular weight excluding hydrogens is 1110 g/mol. The standard InChI is InChI=1S/C64H99N11O12/c1-13-42(6)57(73(10)64(85)55(40(2)3)71-63(84)56(41(4)5)72(8)9)50(86-11)39-54(79)74-35-22-28-49(74)58(87-12)43(7)59(80)69-47(37-44-23-16-14-17-24-44)62(83)70-48(38-45-25-18-15-19-26-45)61(82)68-46(27-20-21-32-65)60(81)67-34-33-66-51(76)31-36-75-52(77)29-30-53(75)78/h14-19,23-26,29-30,40-43,46-50,55-58H,13,20-22,27-28,31-39,65H2,1-12H3,(H,66,76)(H,67,81)(H,68,82)(H,69,80)(H,70,83)(H,71,84)/t42-,43+,46+,47-,48-,49?,50+,55-,56-,57-,58?/m0/s1. The van der Waals surface area contributed by atoms with Crippen LogP contribution in [-0.4, -0.2) is 201 Å². The van der Waals surface area contributed by atoms with Gasteiger partial charge >= 0.3 is 0 Å². The number of unbranched alkanes of at least 4 members (excludes halogenated alkanes) is 1. The number of amides is 10. The number of ether oxygens (including phenoxy) is 2. The minimum Gasteiger partial charge on any atom is -0.379 e. The minimum absolute atomic E-state index is 0.00643. The Labute approximate surface area is 514 Å². The van der Waals surface area contributed by atoms with Crippen molar-refractivity contribution >= 4 is 59.1 Å². The molecule has 2 aromatic carbocycles. The number of imide groups is 1. The van der Waals surface area contributed by atoms with Gasteiger partial charge in [0.15, 0.2) is 0 Å². The number of nitrogens with two attached hydrogens (primary N) is 1. The topological polar surface area (TPSA) is 300 Å². The first-order valence-corrected chi connectivity index (χ1v) is 30.7. The molecule has 0 spiro atoms. The van der Waals surface area contributed by atoms with Crippen molar-refractivity contribution < 1.29 is 57.4 Å². The maximum absolute atomic E-state index is 14.8. The summed E-state index contributed by atoms with van der Waals surface area (Å²) < 4.78 is 12.2. The van der Waals surface area contributed by atoms with Gasteiger partial charge in [0, 0.05) is 78.9 Å². The lowest BCUT2D eigenvalue weighted by molar-refractivity contribution is -0.148. The van der Waals surface area contributed by atoms with Crippen LogP contribution in [-0.2, 0) is 70.3 Å². The molecule has 10 amide bonds. The first-order chi connectivity index (χ1) is 41.4. The largest absolute Gasteiger partial charge is 0.379 e. The average molecular weight is 1210 g/mol. The number of hydrogen-bond acceptors (Lipinski definition) is 14. The van der Waals surface area contributed by atoms with E-state index in [9.17, 15) is 47.9 Å². The smallest absolute Gasteiger partial charge is 0.253 e. The second-order valence-corrected chi connectivity index (χ2v) is 23.9. The Bertz CT molecular complexity index is 2600. The normalized spacial score (nSPS) is 17.6. The summed E-state index contributed by atoms with van der Waals surface area (Å²) in [5.41, 5.74) is 7.22. The molecule has 0 aliphatic carbocycles. The van der Waals surface area contributed by atoms with Crippen molar-refractivity contribution in [2.75, 3.05) is 68.1 Å². The fourth-order valence-electron chi connectivity index (χ4n) is 11.6. The van der Waals surface area contributed by atoms with Crippen LogP contribution < -0.4 is 37.6 Å². The number of rotatable bonds is 37.